The molecule has 0 amide bonds. The van der Waals surface area contributed by atoms with Crippen LogP contribution in [0.3, 0.4) is 0 Å². The molecule has 0 saturated heterocycles. The van der Waals surface area contributed by atoms with Gasteiger partial charge in [-0.05, 0) is 25.7 Å². The molecule has 0 aromatic rings. The molecule has 13 heavy (non-hydrogen) atoms. The minimum absolute atomic E-state index is 0.0424. The van der Waals surface area contributed by atoms with E-state index in [1.165, 1.54) is 6.92 Å². The van der Waals surface area contributed by atoms with E-state index >= 15 is 0 Å². The molecule has 0 radical (unpaired) electrons. The third-order valence-corrected chi connectivity index (χ3v) is 4.25. The van der Waals surface area contributed by atoms with Crippen LogP contribution in [0.25, 0.3) is 0 Å². The van der Waals surface area contributed by atoms with Crippen molar-refractivity contribution in [2.75, 3.05) is 0 Å². The highest BCUT2D eigenvalue weighted by molar-refractivity contribution is 7.90. The molecule has 74 valence electrons. The van der Waals surface area contributed by atoms with Gasteiger partial charge in [-0.25, -0.2) is 13.1 Å². The van der Waals surface area contributed by atoms with E-state index in [9.17, 15) is 8.42 Å². The first-order chi connectivity index (χ1) is 5.97. The van der Waals surface area contributed by atoms with Gasteiger partial charge in [0, 0.05) is 6.04 Å². The maximum atomic E-state index is 11.4. The van der Waals surface area contributed by atoms with Crippen molar-refractivity contribution in [3.05, 3.63) is 0 Å². The van der Waals surface area contributed by atoms with Crippen LogP contribution < -0.4 is 4.72 Å². The molecule has 0 aliphatic heterocycles. The standard InChI is InChI=1S/C8H14N2O2S/c1-6-3-4-8(6)10-13(11,12)7(2)5-9/h6-8,10H,3-4H2,1-2H3. The predicted molar refractivity (Wildman–Crippen MR) is 49.3 cm³/mol. The van der Waals surface area contributed by atoms with Crippen molar-refractivity contribution >= 4 is 10.0 Å². The molecule has 1 N–H and O–H groups in total. The Kier molecular flexibility index (Phi) is 2.94. The van der Waals surface area contributed by atoms with Crippen molar-refractivity contribution in [2.24, 2.45) is 5.92 Å². The highest BCUT2D eigenvalue weighted by Gasteiger charge is 2.32. The SMILES string of the molecule is CC1CCC1NS(=O)(=O)C(C)C#N. The van der Waals surface area contributed by atoms with Gasteiger partial charge in [0.2, 0.25) is 10.0 Å². The maximum absolute atomic E-state index is 11.4. The fraction of sp³-hybridized carbons (Fsp3) is 0.875. The molecule has 0 aromatic carbocycles. The first-order valence-corrected chi connectivity index (χ1v) is 5.92. The van der Waals surface area contributed by atoms with E-state index < -0.39 is 15.3 Å². The highest BCUT2D eigenvalue weighted by Crippen LogP contribution is 2.27. The van der Waals surface area contributed by atoms with Crippen molar-refractivity contribution in [1.29, 1.82) is 5.26 Å². The fourth-order valence-corrected chi connectivity index (χ4v) is 2.34. The Labute approximate surface area is 79.0 Å². The van der Waals surface area contributed by atoms with E-state index in [4.69, 9.17) is 5.26 Å². The Bertz CT molecular complexity index is 318. The number of hydrogen-bond acceptors (Lipinski definition) is 3. The van der Waals surface area contributed by atoms with Crippen molar-refractivity contribution in [1.82, 2.24) is 4.72 Å². The van der Waals surface area contributed by atoms with Gasteiger partial charge in [-0.2, -0.15) is 5.26 Å². The minimum atomic E-state index is -3.41. The summed E-state index contributed by atoms with van der Waals surface area (Å²) in [4.78, 5) is 0. The van der Waals surface area contributed by atoms with Crippen LogP contribution in [0.4, 0.5) is 0 Å². The molecular formula is C8H14N2O2S. The number of nitrogens with zero attached hydrogens (tertiary/aromatic N) is 1. The van der Waals surface area contributed by atoms with E-state index in [1.807, 2.05) is 6.92 Å². The third kappa shape index (κ3) is 2.20. The molecule has 0 heterocycles. The van der Waals surface area contributed by atoms with Crippen LogP contribution in [-0.4, -0.2) is 19.7 Å². The number of nitriles is 1. The molecule has 3 unspecified atom stereocenters. The molecule has 1 rings (SSSR count). The molecular weight excluding hydrogens is 188 g/mol. The second-order valence-corrected chi connectivity index (χ2v) is 5.63. The topological polar surface area (TPSA) is 70.0 Å². The van der Waals surface area contributed by atoms with Gasteiger partial charge in [-0.15, -0.1) is 0 Å². The van der Waals surface area contributed by atoms with Crippen LogP contribution in [0.15, 0.2) is 0 Å². The molecule has 1 aliphatic carbocycles. The smallest absolute Gasteiger partial charge is 0.211 e. The lowest BCUT2D eigenvalue weighted by atomic mass is 9.82. The van der Waals surface area contributed by atoms with Crippen LogP contribution in [0, 0.1) is 17.2 Å². The number of rotatable bonds is 3. The first kappa shape index (κ1) is 10.5. The summed E-state index contributed by atoms with van der Waals surface area (Å²) in [7, 11) is -3.41. The van der Waals surface area contributed by atoms with Gasteiger partial charge in [0.25, 0.3) is 0 Å². The highest BCUT2D eigenvalue weighted by atomic mass is 32.2. The summed E-state index contributed by atoms with van der Waals surface area (Å²) >= 11 is 0. The van der Waals surface area contributed by atoms with Gasteiger partial charge in [0.05, 0.1) is 6.07 Å². The number of nitrogens with one attached hydrogen (secondary N) is 1. The Morgan fingerprint density at radius 2 is 2.15 bits per heavy atom. The van der Waals surface area contributed by atoms with Crippen LogP contribution in [-0.2, 0) is 10.0 Å². The second-order valence-electron chi connectivity index (χ2n) is 3.60. The first-order valence-electron chi connectivity index (χ1n) is 4.38. The quantitative estimate of drug-likeness (QED) is 0.729. The summed E-state index contributed by atoms with van der Waals surface area (Å²) in [6.45, 7) is 3.40. The third-order valence-electron chi connectivity index (χ3n) is 2.58. The van der Waals surface area contributed by atoms with Gasteiger partial charge in [-0.1, -0.05) is 6.92 Å². The Balaban J connectivity index is 2.58. The Morgan fingerprint density at radius 1 is 1.54 bits per heavy atom. The summed E-state index contributed by atoms with van der Waals surface area (Å²) in [5, 5.41) is 7.51. The lowest BCUT2D eigenvalue weighted by Crippen LogP contribution is -2.47. The molecule has 5 heteroatoms. The fourth-order valence-electron chi connectivity index (χ4n) is 1.22. The molecule has 3 atom stereocenters. The summed E-state index contributed by atoms with van der Waals surface area (Å²) in [5.74, 6) is 0.403. The molecule has 1 aliphatic rings. The van der Waals surface area contributed by atoms with Crippen molar-refractivity contribution in [2.45, 2.75) is 38.0 Å². The van der Waals surface area contributed by atoms with Crippen LogP contribution in [0.2, 0.25) is 0 Å². The number of hydrogen-bond donors (Lipinski definition) is 1. The second kappa shape index (κ2) is 3.64. The predicted octanol–water partition coefficient (Wildman–Crippen LogP) is 0.616. The monoisotopic (exact) mass is 202 g/mol. The zero-order valence-electron chi connectivity index (χ0n) is 7.82. The van der Waals surface area contributed by atoms with Crippen LogP contribution in [0.5, 0.6) is 0 Å². The van der Waals surface area contributed by atoms with Gasteiger partial charge in [0.1, 0.15) is 0 Å². The lowest BCUT2D eigenvalue weighted by Gasteiger charge is -2.34. The minimum Gasteiger partial charge on any atom is -0.211 e. The average Bonchev–Trinajstić information content (AvgIpc) is 2.10. The van der Waals surface area contributed by atoms with Crippen molar-refractivity contribution in [3.63, 3.8) is 0 Å². The molecule has 4 nitrogen and oxygen atoms in total. The summed E-state index contributed by atoms with van der Waals surface area (Å²) < 4.78 is 25.3. The van der Waals surface area contributed by atoms with Gasteiger partial charge in [-0.3, -0.25) is 0 Å². The van der Waals surface area contributed by atoms with E-state index in [0.717, 1.165) is 12.8 Å². The van der Waals surface area contributed by atoms with E-state index in [2.05, 4.69) is 4.72 Å². The van der Waals surface area contributed by atoms with E-state index in [1.54, 1.807) is 6.07 Å². The summed E-state index contributed by atoms with van der Waals surface area (Å²) in [6, 6.07) is 1.77. The van der Waals surface area contributed by atoms with Gasteiger partial charge < -0.3 is 0 Å². The molecule has 0 bridgehead atoms. The molecule has 1 fully saturated rings. The van der Waals surface area contributed by atoms with Crippen molar-refractivity contribution < 1.29 is 8.42 Å². The zero-order valence-corrected chi connectivity index (χ0v) is 8.63. The Hall–Kier alpha value is -0.600. The average molecular weight is 202 g/mol. The summed E-state index contributed by atoms with van der Waals surface area (Å²) in [6.07, 6.45) is 1.95. The van der Waals surface area contributed by atoms with E-state index in [0.29, 0.717) is 5.92 Å². The van der Waals surface area contributed by atoms with Crippen molar-refractivity contribution in [3.8, 4) is 6.07 Å². The molecule has 1 saturated carbocycles. The Morgan fingerprint density at radius 3 is 2.46 bits per heavy atom. The largest absolute Gasteiger partial charge is 0.227 e. The summed E-state index contributed by atoms with van der Waals surface area (Å²) in [5.41, 5.74) is 0. The van der Waals surface area contributed by atoms with Gasteiger partial charge in [0.15, 0.2) is 5.25 Å². The number of sulfonamides is 1. The molecule has 0 spiro atoms. The normalized spacial score (nSPS) is 30.2. The van der Waals surface area contributed by atoms with E-state index in [-0.39, 0.29) is 6.04 Å². The zero-order chi connectivity index (χ0) is 10.1. The van der Waals surface area contributed by atoms with Crippen LogP contribution in [0.1, 0.15) is 26.7 Å². The van der Waals surface area contributed by atoms with Crippen LogP contribution >= 0.6 is 0 Å². The maximum Gasteiger partial charge on any atom is 0.227 e. The van der Waals surface area contributed by atoms with Gasteiger partial charge >= 0.3 is 0 Å². The lowest BCUT2D eigenvalue weighted by molar-refractivity contribution is 0.260. The molecule has 0 aromatic heterocycles.